The number of amides is 1. The summed E-state index contributed by atoms with van der Waals surface area (Å²) in [5.74, 6) is -0.133. The number of H-pyrrole nitrogens is 1. The maximum Gasteiger partial charge on any atom is 0.246 e. The van der Waals surface area contributed by atoms with Gasteiger partial charge in [0.1, 0.15) is 4.90 Å². The van der Waals surface area contributed by atoms with E-state index in [4.69, 9.17) is 0 Å². The number of aromatic nitrogens is 2. The average molecular weight is 328 g/mol. The van der Waals surface area contributed by atoms with Crippen LogP contribution in [0.25, 0.3) is 0 Å². The van der Waals surface area contributed by atoms with Crippen molar-refractivity contribution in [3.05, 3.63) is 11.4 Å². The van der Waals surface area contributed by atoms with E-state index in [0.29, 0.717) is 11.4 Å². The van der Waals surface area contributed by atoms with Crippen LogP contribution < -0.4 is 0 Å². The molecule has 1 aliphatic heterocycles. The quantitative estimate of drug-likeness (QED) is 0.895. The molecule has 8 heteroatoms. The van der Waals surface area contributed by atoms with Crippen molar-refractivity contribution >= 4 is 15.9 Å². The molecule has 0 radical (unpaired) electrons. The van der Waals surface area contributed by atoms with E-state index in [9.17, 15) is 13.2 Å². The summed E-state index contributed by atoms with van der Waals surface area (Å²) in [6.07, 6.45) is 4.24. The first kappa shape index (κ1) is 17.0. The number of aromatic amines is 1. The van der Waals surface area contributed by atoms with Crippen molar-refractivity contribution in [3.63, 3.8) is 0 Å². The Balaban J connectivity index is 2.10. The van der Waals surface area contributed by atoms with Crippen LogP contribution in [-0.2, 0) is 14.8 Å². The first-order valence-corrected chi connectivity index (χ1v) is 9.03. The number of rotatable bonds is 4. The molecule has 1 amide bonds. The van der Waals surface area contributed by atoms with Gasteiger partial charge in [-0.05, 0) is 26.7 Å². The summed E-state index contributed by atoms with van der Waals surface area (Å²) in [6, 6.07) is 0. The molecule has 1 aromatic rings. The van der Waals surface area contributed by atoms with Crippen molar-refractivity contribution in [2.45, 2.75) is 44.4 Å². The third-order valence-electron chi connectivity index (χ3n) is 4.05. The van der Waals surface area contributed by atoms with Gasteiger partial charge in [0.05, 0.1) is 17.9 Å². The Labute approximate surface area is 131 Å². The van der Waals surface area contributed by atoms with Crippen molar-refractivity contribution in [1.82, 2.24) is 19.4 Å². The SMILES string of the molecule is Cc1n[nH]c(C)c1S(=O)(=O)N(C)CC(=O)N1CCCCCC1. The number of likely N-dealkylation sites (tertiary alicyclic amines) is 1. The first-order valence-electron chi connectivity index (χ1n) is 7.59. The van der Waals surface area contributed by atoms with Crippen molar-refractivity contribution in [2.24, 2.45) is 0 Å². The Morgan fingerprint density at radius 3 is 2.32 bits per heavy atom. The summed E-state index contributed by atoms with van der Waals surface area (Å²) in [6.45, 7) is 4.61. The summed E-state index contributed by atoms with van der Waals surface area (Å²) in [4.78, 5) is 14.3. The second-order valence-electron chi connectivity index (χ2n) is 5.82. The predicted molar refractivity (Wildman–Crippen MR) is 82.9 cm³/mol. The van der Waals surface area contributed by atoms with Gasteiger partial charge in [0.15, 0.2) is 0 Å². The number of likely N-dealkylation sites (N-methyl/N-ethyl adjacent to an activating group) is 1. The van der Waals surface area contributed by atoms with E-state index in [1.165, 1.54) is 7.05 Å². The summed E-state index contributed by atoms with van der Waals surface area (Å²) in [7, 11) is -2.27. The normalized spacial score (nSPS) is 16.8. The molecule has 1 saturated heterocycles. The zero-order valence-corrected chi connectivity index (χ0v) is 14.2. The molecule has 0 bridgehead atoms. The molecule has 0 aromatic carbocycles. The molecule has 0 atom stereocenters. The highest BCUT2D eigenvalue weighted by Gasteiger charge is 2.29. The molecule has 1 aliphatic rings. The molecule has 22 heavy (non-hydrogen) atoms. The van der Waals surface area contributed by atoms with E-state index in [2.05, 4.69) is 10.2 Å². The standard InChI is InChI=1S/C14H24N4O3S/c1-11-14(12(2)16-15-11)22(20,21)17(3)10-13(19)18-8-6-4-5-7-9-18/h4-10H2,1-3H3,(H,15,16). The van der Waals surface area contributed by atoms with Gasteiger partial charge in [-0.25, -0.2) is 8.42 Å². The minimum atomic E-state index is -3.71. The van der Waals surface area contributed by atoms with E-state index in [0.717, 1.165) is 43.1 Å². The third-order valence-corrected chi connectivity index (χ3v) is 6.11. The molecular formula is C14H24N4O3S. The summed E-state index contributed by atoms with van der Waals surface area (Å²) in [5.41, 5.74) is 0.915. The molecule has 0 aliphatic carbocycles. The lowest BCUT2D eigenvalue weighted by atomic mass is 10.2. The molecule has 0 spiro atoms. The lowest BCUT2D eigenvalue weighted by molar-refractivity contribution is -0.131. The van der Waals surface area contributed by atoms with Crippen LogP contribution in [0, 0.1) is 13.8 Å². The fourth-order valence-corrected chi connectivity index (χ4v) is 4.22. The molecule has 124 valence electrons. The van der Waals surface area contributed by atoms with Gasteiger partial charge in [-0.3, -0.25) is 9.89 Å². The predicted octanol–water partition coefficient (Wildman–Crippen LogP) is 1.05. The Bertz CT molecular complexity index is 611. The summed E-state index contributed by atoms with van der Waals surface area (Å²) in [5, 5.41) is 6.59. The van der Waals surface area contributed by atoms with Crippen LogP contribution in [0.3, 0.4) is 0 Å². The number of sulfonamides is 1. The lowest BCUT2D eigenvalue weighted by Gasteiger charge is -2.24. The van der Waals surface area contributed by atoms with Gasteiger partial charge >= 0.3 is 0 Å². The van der Waals surface area contributed by atoms with Crippen LogP contribution in [0.4, 0.5) is 0 Å². The fourth-order valence-electron chi connectivity index (χ4n) is 2.77. The third kappa shape index (κ3) is 3.49. The Morgan fingerprint density at radius 2 is 1.82 bits per heavy atom. The highest BCUT2D eigenvalue weighted by Crippen LogP contribution is 2.20. The highest BCUT2D eigenvalue weighted by atomic mass is 32.2. The van der Waals surface area contributed by atoms with Gasteiger partial charge < -0.3 is 4.90 Å². The largest absolute Gasteiger partial charge is 0.342 e. The first-order chi connectivity index (χ1) is 10.3. The maximum atomic E-state index is 12.6. The Morgan fingerprint density at radius 1 is 1.23 bits per heavy atom. The van der Waals surface area contributed by atoms with Gasteiger partial charge in [-0.15, -0.1) is 0 Å². The molecule has 1 aromatic heterocycles. The molecular weight excluding hydrogens is 304 g/mol. The van der Waals surface area contributed by atoms with Crippen LogP contribution in [0.1, 0.15) is 37.1 Å². The average Bonchev–Trinajstić information content (AvgIpc) is 2.69. The topological polar surface area (TPSA) is 86.4 Å². The number of nitrogens with zero attached hydrogens (tertiary/aromatic N) is 3. The highest BCUT2D eigenvalue weighted by molar-refractivity contribution is 7.89. The maximum absolute atomic E-state index is 12.6. The van der Waals surface area contributed by atoms with Gasteiger partial charge in [0, 0.05) is 20.1 Å². The van der Waals surface area contributed by atoms with Crippen LogP contribution in [0.2, 0.25) is 0 Å². The van der Waals surface area contributed by atoms with Gasteiger partial charge in [0.25, 0.3) is 0 Å². The van der Waals surface area contributed by atoms with E-state index < -0.39 is 10.0 Å². The second-order valence-corrected chi connectivity index (χ2v) is 7.80. The molecule has 0 unspecified atom stereocenters. The molecule has 0 saturated carbocycles. The molecule has 7 nitrogen and oxygen atoms in total. The summed E-state index contributed by atoms with van der Waals surface area (Å²) < 4.78 is 26.3. The molecule has 2 rings (SSSR count). The minimum Gasteiger partial charge on any atom is -0.342 e. The number of hydrogen-bond acceptors (Lipinski definition) is 4. The van der Waals surface area contributed by atoms with Crippen LogP contribution in [0.5, 0.6) is 0 Å². The van der Waals surface area contributed by atoms with E-state index in [-0.39, 0.29) is 17.3 Å². The second kappa shape index (κ2) is 6.78. The van der Waals surface area contributed by atoms with Crippen LogP contribution in [-0.4, -0.2) is 60.4 Å². The minimum absolute atomic E-state index is 0.133. The van der Waals surface area contributed by atoms with Gasteiger partial charge in [-0.2, -0.15) is 9.40 Å². The Hall–Kier alpha value is -1.41. The number of hydrogen-bond donors (Lipinski definition) is 1. The van der Waals surface area contributed by atoms with Crippen molar-refractivity contribution in [2.75, 3.05) is 26.7 Å². The molecule has 2 heterocycles. The lowest BCUT2D eigenvalue weighted by Crippen LogP contribution is -2.41. The summed E-state index contributed by atoms with van der Waals surface area (Å²) >= 11 is 0. The molecule has 1 fully saturated rings. The van der Waals surface area contributed by atoms with Gasteiger partial charge in [0.2, 0.25) is 15.9 Å². The van der Waals surface area contributed by atoms with E-state index in [1.54, 1.807) is 18.7 Å². The van der Waals surface area contributed by atoms with Crippen LogP contribution >= 0.6 is 0 Å². The van der Waals surface area contributed by atoms with Crippen molar-refractivity contribution in [1.29, 1.82) is 0 Å². The Kier molecular flexibility index (Phi) is 5.23. The molecule has 1 N–H and O–H groups in total. The smallest absolute Gasteiger partial charge is 0.246 e. The van der Waals surface area contributed by atoms with E-state index in [1.807, 2.05) is 0 Å². The van der Waals surface area contributed by atoms with Crippen molar-refractivity contribution < 1.29 is 13.2 Å². The fraction of sp³-hybridized carbons (Fsp3) is 0.714. The van der Waals surface area contributed by atoms with E-state index >= 15 is 0 Å². The zero-order chi connectivity index (χ0) is 16.3. The number of carbonyl (C=O) groups excluding carboxylic acids is 1. The number of aryl methyl sites for hydroxylation is 2. The monoisotopic (exact) mass is 328 g/mol. The van der Waals surface area contributed by atoms with Crippen LogP contribution in [0.15, 0.2) is 4.90 Å². The number of nitrogens with one attached hydrogen (secondary N) is 1. The number of carbonyl (C=O) groups is 1. The zero-order valence-electron chi connectivity index (χ0n) is 13.4. The van der Waals surface area contributed by atoms with Crippen molar-refractivity contribution in [3.8, 4) is 0 Å². The van der Waals surface area contributed by atoms with Gasteiger partial charge in [-0.1, -0.05) is 12.8 Å².